The highest BCUT2D eigenvalue weighted by molar-refractivity contribution is 6.30. The Labute approximate surface area is 187 Å². The van der Waals surface area contributed by atoms with Gasteiger partial charge in [0.15, 0.2) is 0 Å². The summed E-state index contributed by atoms with van der Waals surface area (Å²) in [5.74, 6) is 0.975. The molecular formula is C24H26ClN3O3. The van der Waals surface area contributed by atoms with Gasteiger partial charge in [0.1, 0.15) is 5.75 Å². The summed E-state index contributed by atoms with van der Waals surface area (Å²) in [5.41, 5.74) is 2.99. The van der Waals surface area contributed by atoms with Crippen molar-refractivity contribution in [1.29, 1.82) is 0 Å². The number of carbonyl (C=O) groups is 1. The third kappa shape index (κ3) is 5.66. The molecule has 1 atom stereocenters. The Morgan fingerprint density at radius 1 is 1.23 bits per heavy atom. The van der Waals surface area contributed by atoms with E-state index in [-0.39, 0.29) is 17.6 Å². The number of ether oxygens (including phenoxy) is 1. The molecule has 1 saturated heterocycles. The van der Waals surface area contributed by atoms with Gasteiger partial charge in [-0.25, -0.2) is 0 Å². The summed E-state index contributed by atoms with van der Waals surface area (Å²) >= 11 is 6.11. The second-order valence-electron chi connectivity index (χ2n) is 7.85. The van der Waals surface area contributed by atoms with Gasteiger partial charge in [-0.15, -0.1) is 0 Å². The van der Waals surface area contributed by atoms with E-state index in [0.717, 1.165) is 54.5 Å². The first-order valence-corrected chi connectivity index (χ1v) is 10.8. The normalized spacial score (nSPS) is 16.8. The zero-order chi connectivity index (χ0) is 21.6. The molecule has 2 aromatic carbocycles. The third-order valence-corrected chi connectivity index (χ3v) is 5.79. The molecule has 1 amide bonds. The van der Waals surface area contributed by atoms with Crippen LogP contribution < -0.4 is 10.1 Å². The van der Waals surface area contributed by atoms with Crippen LogP contribution in [0, 0.1) is 0 Å². The van der Waals surface area contributed by atoms with E-state index >= 15 is 0 Å². The molecule has 0 bridgehead atoms. The summed E-state index contributed by atoms with van der Waals surface area (Å²) < 4.78 is 10.6. The summed E-state index contributed by atoms with van der Waals surface area (Å²) in [6.45, 7) is 3.16. The number of amides is 1. The number of likely N-dealkylation sites (tertiary alicyclic amines) is 1. The molecule has 1 aromatic heterocycles. The van der Waals surface area contributed by atoms with E-state index < -0.39 is 0 Å². The number of rotatable bonds is 7. The fourth-order valence-electron chi connectivity index (χ4n) is 3.97. The quantitative estimate of drug-likeness (QED) is 0.580. The van der Waals surface area contributed by atoms with Crippen LogP contribution in [-0.2, 0) is 13.1 Å². The van der Waals surface area contributed by atoms with Gasteiger partial charge in [0.2, 0.25) is 5.76 Å². The number of methoxy groups -OCH3 is 1. The monoisotopic (exact) mass is 439 g/mol. The summed E-state index contributed by atoms with van der Waals surface area (Å²) in [4.78, 5) is 14.9. The minimum absolute atomic E-state index is 0.241. The summed E-state index contributed by atoms with van der Waals surface area (Å²) in [5, 5.41) is 7.83. The van der Waals surface area contributed by atoms with Crippen molar-refractivity contribution in [2.45, 2.75) is 31.8 Å². The maximum atomic E-state index is 12.5. The van der Waals surface area contributed by atoms with E-state index in [1.807, 2.05) is 42.5 Å². The van der Waals surface area contributed by atoms with Gasteiger partial charge in [-0.2, -0.15) is 0 Å². The van der Waals surface area contributed by atoms with E-state index in [2.05, 4.69) is 21.4 Å². The molecule has 0 saturated carbocycles. The maximum absolute atomic E-state index is 12.5. The molecule has 162 valence electrons. The third-order valence-electron chi connectivity index (χ3n) is 5.56. The van der Waals surface area contributed by atoms with Crippen molar-refractivity contribution in [3.8, 4) is 5.75 Å². The molecular weight excluding hydrogens is 414 g/mol. The van der Waals surface area contributed by atoms with Crippen LogP contribution in [-0.4, -0.2) is 36.2 Å². The van der Waals surface area contributed by atoms with Crippen molar-refractivity contribution in [2.24, 2.45) is 0 Å². The molecule has 1 N–H and O–H groups in total. The number of benzene rings is 2. The summed E-state index contributed by atoms with van der Waals surface area (Å²) in [6.07, 6.45) is 2.11. The average Bonchev–Trinajstić information content (AvgIpc) is 3.28. The highest BCUT2D eigenvalue weighted by Gasteiger charge is 2.25. The first-order chi connectivity index (χ1) is 15.1. The highest BCUT2D eigenvalue weighted by Crippen LogP contribution is 2.28. The van der Waals surface area contributed by atoms with Crippen molar-refractivity contribution in [2.75, 3.05) is 20.2 Å². The minimum Gasteiger partial charge on any atom is -0.497 e. The second kappa shape index (κ2) is 9.98. The average molecular weight is 440 g/mol. The smallest absolute Gasteiger partial charge is 0.290 e. The second-order valence-corrected chi connectivity index (χ2v) is 8.29. The van der Waals surface area contributed by atoms with Gasteiger partial charge in [-0.1, -0.05) is 41.0 Å². The standard InChI is InChI=1S/C24H26ClN3O3/c1-30-21-9-3-5-17(12-21)14-26-24(29)23-13-22(27-31-23)19-7-4-10-28(16-19)15-18-6-2-8-20(25)11-18/h2-3,5-6,8-9,11-13,19H,4,7,10,14-16H2,1H3,(H,26,29)/t19-/m1/s1. The van der Waals surface area contributed by atoms with E-state index in [4.69, 9.17) is 20.9 Å². The van der Waals surface area contributed by atoms with Gasteiger partial charge in [0.05, 0.1) is 12.8 Å². The fourth-order valence-corrected chi connectivity index (χ4v) is 4.19. The molecule has 2 heterocycles. The van der Waals surface area contributed by atoms with Crippen molar-refractivity contribution in [1.82, 2.24) is 15.4 Å². The molecule has 4 rings (SSSR count). The predicted octanol–water partition coefficient (Wildman–Crippen LogP) is 4.65. The van der Waals surface area contributed by atoms with Crippen molar-refractivity contribution < 1.29 is 14.1 Å². The Balaban J connectivity index is 1.34. The first kappa shape index (κ1) is 21.4. The number of nitrogens with one attached hydrogen (secondary N) is 1. The SMILES string of the molecule is COc1cccc(CNC(=O)c2cc([C@@H]3CCCN(Cc4cccc(Cl)c4)C3)no2)c1. The molecule has 3 aromatic rings. The van der Waals surface area contributed by atoms with Gasteiger partial charge in [-0.05, 0) is 54.8 Å². The fraction of sp³-hybridized carbons (Fsp3) is 0.333. The maximum Gasteiger partial charge on any atom is 0.290 e. The Morgan fingerprint density at radius 2 is 2.06 bits per heavy atom. The molecule has 0 unspecified atom stereocenters. The molecule has 31 heavy (non-hydrogen) atoms. The highest BCUT2D eigenvalue weighted by atomic mass is 35.5. The zero-order valence-electron chi connectivity index (χ0n) is 17.5. The van der Waals surface area contributed by atoms with Crippen molar-refractivity contribution >= 4 is 17.5 Å². The topological polar surface area (TPSA) is 67.6 Å². The molecule has 0 aliphatic carbocycles. The molecule has 0 radical (unpaired) electrons. The molecule has 6 nitrogen and oxygen atoms in total. The Bertz CT molecular complexity index is 1040. The van der Waals surface area contributed by atoms with Crippen LogP contribution in [0.5, 0.6) is 5.75 Å². The number of halogens is 1. The lowest BCUT2D eigenvalue weighted by Gasteiger charge is -2.31. The molecule has 7 heteroatoms. The van der Waals surface area contributed by atoms with Gasteiger partial charge >= 0.3 is 0 Å². The Morgan fingerprint density at radius 3 is 2.90 bits per heavy atom. The summed E-state index contributed by atoms with van der Waals surface area (Å²) in [7, 11) is 1.62. The minimum atomic E-state index is -0.270. The van der Waals surface area contributed by atoms with E-state index in [1.165, 1.54) is 5.56 Å². The lowest BCUT2D eigenvalue weighted by Crippen LogP contribution is -2.34. The van der Waals surface area contributed by atoms with E-state index in [9.17, 15) is 4.79 Å². The number of hydrogen-bond donors (Lipinski definition) is 1. The Hall–Kier alpha value is -2.83. The number of aromatic nitrogens is 1. The van der Waals surface area contributed by atoms with E-state index in [1.54, 1.807) is 13.2 Å². The lowest BCUT2D eigenvalue weighted by atomic mass is 9.94. The molecule has 1 aliphatic heterocycles. The van der Waals surface area contributed by atoms with Gasteiger partial charge in [-0.3, -0.25) is 9.69 Å². The van der Waals surface area contributed by atoms with Crippen LogP contribution in [0.1, 0.15) is 46.1 Å². The first-order valence-electron chi connectivity index (χ1n) is 10.5. The largest absolute Gasteiger partial charge is 0.497 e. The van der Waals surface area contributed by atoms with E-state index in [0.29, 0.717) is 6.54 Å². The van der Waals surface area contributed by atoms with Gasteiger partial charge < -0.3 is 14.6 Å². The molecule has 1 fully saturated rings. The van der Waals surface area contributed by atoms with Crippen molar-refractivity contribution in [3.63, 3.8) is 0 Å². The summed E-state index contributed by atoms with van der Waals surface area (Å²) in [6, 6.07) is 17.3. The number of nitrogens with zero attached hydrogens (tertiary/aromatic N) is 2. The predicted molar refractivity (Wildman–Crippen MR) is 119 cm³/mol. The van der Waals surface area contributed by atoms with Gasteiger partial charge in [0.25, 0.3) is 5.91 Å². The van der Waals surface area contributed by atoms with Crippen LogP contribution in [0.25, 0.3) is 0 Å². The van der Waals surface area contributed by atoms with Crippen LogP contribution in [0.4, 0.5) is 0 Å². The molecule has 0 spiro atoms. The van der Waals surface area contributed by atoms with Crippen LogP contribution in [0.2, 0.25) is 5.02 Å². The Kier molecular flexibility index (Phi) is 6.89. The number of piperidine rings is 1. The van der Waals surface area contributed by atoms with Crippen LogP contribution >= 0.6 is 11.6 Å². The molecule has 1 aliphatic rings. The number of hydrogen-bond acceptors (Lipinski definition) is 5. The van der Waals surface area contributed by atoms with Crippen molar-refractivity contribution in [3.05, 3.63) is 82.2 Å². The van der Waals surface area contributed by atoms with Crippen LogP contribution in [0.15, 0.2) is 59.1 Å². The lowest BCUT2D eigenvalue weighted by molar-refractivity contribution is 0.0913. The van der Waals surface area contributed by atoms with Crippen LogP contribution in [0.3, 0.4) is 0 Å². The number of carbonyl (C=O) groups excluding carboxylic acids is 1. The van der Waals surface area contributed by atoms with Gasteiger partial charge in [0, 0.05) is 36.6 Å². The zero-order valence-corrected chi connectivity index (χ0v) is 18.3.